The number of ether oxygens (including phenoxy) is 1. The lowest BCUT2D eigenvalue weighted by Crippen LogP contribution is -2.05. The van der Waals surface area contributed by atoms with Gasteiger partial charge in [-0.05, 0) is 31.0 Å². The monoisotopic (exact) mass is 190 g/mol. The highest BCUT2D eigenvalue weighted by molar-refractivity contribution is 5.37. The molecule has 0 aromatic heterocycles. The first-order valence-electron chi connectivity index (χ1n) is 4.51. The van der Waals surface area contributed by atoms with Crippen LogP contribution in [0.25, 0.3) is 0 Å². The summed E-state index contributed by atoms with van der Waals surface area (Å²) in [6.45, 7) is 3.96. The van der Waals surface area contributed by atoms with Gasteiger partial charge in [0.1, 0.15) is 11.8 Å². The van der Waals surface area contributed by atoms with Gasteiger partial charge < -0.3 is 10.5 Å². The molecule has 1 aromatic carbocycles. The van der Waals surface area contributed by atoms with Gasteiger partial charge in [0, 0.05) is 6.04 Å². The van der Waals surface area contributed by atoms with E-state index in [4.69, 9.17) is 15.7 Å². The second kappa shape index (κ2) is 4.64. The Balaban J connectivity index is 2.85. The number of aryl methyl sites for hydroxylation is 1. The average molecular weight is 190 g/mol. The van der Waals surface area contributed by atoms with Crippen LogP contribution in [0.1, 0.15) is 24.1 Å². The Bertz CT molecular complexity index is 353. The number of nitrogens with zero attached hydrogens (tertiary/aromatic N) is 1. The van der Waals surface area contributed by atoms with Crippen LogP contribution in [-0.2, 0) is 0 Å². The first-order chi connectivity index (χ1) is 6.65. The number of hydrogen-bond acceptors (Lipinski definition) is 3. The Kier molecular flexibility index (Phi) is 3.49. The Morgan fingerprint density at radius 3 is 2.79 bits per heavy atom. The minimum Gasteiger partial charge on any atom is -0.478 e. The van der Waals surface area contributed by atoms with Crippen LogP contribution < -0.4 is 10.5 Å². The van der Waals surface area contributed by atoms with Crippen molar-refractivity contribution in [3.05, 3.63) is 29.3 Å². The van der Waals surface area contributed by atoms with Gasteiger partial charge in [0.15, 0.2) is 6.61 Å². The van der Waals surface area contributed by atoms with E-state index in [0.717, 1.165) is 16.9 Å². The highest BCUT2D eigenvalue weighted by atomic mass is 16.5. The van der Waals surface area contributed by atoms with E-state index in [1.54, 1.807) is 0 Å². The van der Waals surface area contributed by atoms with Crippen LogP contribution in [0.3, 0.4) is 0 Å². The van der Waals surface area contributed by atoms with Gasteiger partial charge in [-0.15, -0.1) is 0 Å². The molecule has 0 saturated carbocycles. The fraction of sp³-hybridized carbons (Fsp3) is 0.364. The van der Waals surface area contributed by atoms with Crippen molar-refractivity contribution in [3.63, 3.8) is 0 Å². The van der Waals surface area contributed by atoms with E-state index in [1.807, 2.05) is 38.1 Å². The fourth-order valence-corrected chi connectivity index (χ4v) is 1.23. The summed E-state index contributed by atoms with van der Waals surface area (Å²) >= 11 is 0. The second-order valence-corrected chi connectivity index (χ2v) is 3.26. The molecule has 0 radical (unpaired) electrons. The van der Waals surface area contributed by atoms with Crippen LogP contribution >= 0.6 is 0 Å². The third kappa shape index (κ3) is 2.48. The largest absolute Gasteiger partial charge is 0.478 e. The Hall–Kier alpha value is -1.53. The minimum atomic E-state index is 0.0266. The zero-order valence-corrected chi connectivity index (χ0v) is 8.45. The highest BCUT2D eigenvalue weighted by Crippen LogP contribution is 2.21. The molecule has 0 unspecified atom stereocenters. The van der Waals surface area contributed by atoms with Crippen LogP contribution in [0.2, 0.25) is 0 Å². The first kappa shape index (κ1) is 10.6. The lowest BCUT2D eigenvalue weighted by Gasteiger charge is -2.10. The number of nitriles is 1. The van der Waals surface area contributed by atoms with Gasteiger partial charge in [-0.3, -0.25) is 0 Å². The van der Waals surface area contributed by atoms with Crippen LogP contribution in [0.4, 0.5) is 0 Å². The van der Waals surface area contributed by atoms with Gasteiger partial charge in [-0.2, -0.15) is 5.26 Å². The third-order valence-corrected chi connectivity index (χ3v) is 2.02. The standard InChI is InChI=1S/C11H14N2O/c1-8-7-10(9(2)13)3-4-11(8)14-6-5-12/h3-4,7,9H,6,13H2,1-2H3/t9-/m0/s1. The molecule has 1 rings (SSSR count). The molecule has 3 heteroatoms. The van der Waals surface area contributed by atoms with E-state index in [0.29, 0.717) is 0 Å². The second-order valence-electron chi connectivity index (χ2n) is 3.26. The summed E-state index contributed by atoms with van der Waals surface area (Å²) in [6, 6.07) is 7.72. The van der Waals surface area contributed by atoms with E-state index >= 15 is 0 Å². The van der Waals surface area contributed by atoms with Crippen molar-refractivity contribution in [3.8, 4) is 11.8 Å². The predicted octanol–water partition coefficient (Wildman–Crippen LogP) is 1.92. The molecule has 3 nitrogen and oxygen atoms in total. The lowest BCUT2D eigenvalue weighted by atomic mass is 10.1. The summed E-state index contributed by atoms with van der Waals surface area (Å²) in [5.41, 5.74) is 7.82. The van der Waals surface area contributed by atoms with Crippen molar-refractivity contribution in [2.24, 2.45) is 5.73 Å². The molecule has 0 fully saturated rings. The smallest absolute Gasteiger partial charge is 0.174 e. The number of benzene rings is 1. The van der Waals surface area contributed by atoms with Gasteiger partial charge in [-0.25, -0.2) is 0 Å². The van der Waals surface area contributed by atoms with Gasteiger partial charge in [-0.1, -0.05) is 12.1 Å². The summed E-state index contributed by atoms with van der Waals surface area (Å²) in [5.74, 6) is 0.746. The van der Waals surface area contributed by atoms with E-state index < -0.39 is 0 Å². The molecule has 2 N–H and O–H groups in total. The molecule has 0 heterocycles. The zero-order chi connectivity index (χ0) is 10.6. The van der Waals surface area contributed by atoms with Crippen LogP contribution in [0.15, 0.2) is 18.2 Å². The summed E-state index contributed by atoms with van der Waals surface area (Å²) < 4.78 is 5.22. The van der Waals surface area contributed by atoms with Crippen LogP contribution in [0.5, 0.6) is 5.75 Å². The van der Waals surface area contributed by atoms with Crippen LogP contribution in [0, 0.1) is 18.3 Å². The summed E-state index contributed by atoms with van der Waals surface area (Å²) in [7, 11) is 0. The van der Waals surface area contributed by atoms with Gasteiger partial charge >= 0.3 is 0 Å². The SMILES string of the molecule is Cc1cc([C@H](C)N)ccc1OCC#N. The quantitative estimate of drug-likeness (QED) is 0.792. The van der Waals surface area contributed by atoms with Crippen molar-refractivity contribution < 1.29 is 4.74 Å². The fourth-order valence-electron chi connectivity index (χ4n) is 1.23. The number of hydrogen-bond donors (Lipinski definition) is 1. The highest BCUT2D eigenvalue weighted by Gasteiger charge is 2.03. The summed E-state index contributed by atoms with van der Waals surface area (Å²) in [6.07, 6.45) is 0. The topological polar surface area (TPSA) is 59.0 Å². The van der Waals surface area contributed by atoms with E-state index in [-0.39, 0.29) is 12.6 Å². The maximum Gasteiger partial charge on any atom is 0.174 e. The van der Waals surface area contributed by atoms with Crippen molar-refractivity contribution in [1.29, 1.82) is 5.26 Å². The molecule has 1 aromatic rings. The number of nitrogens with two attached hydrogens (primary N) is 1. The van der Waals surface area contributed by atoms with E-state index in [1.165, 1.54) is 0 Å². The summed E-state index contributed by atoms with van der Waals surface area (Å²) in [4.78, 5) is 0. The van der Waals surface area contributed by atoms with Crippen molar-refractivity contribution in [2.45, 2.75) is 19.9 Å². The Morgan fingerprint density at radius 1 is 1.57 bits per heavy atom. The molecule has 74 valence electrons. The first-order valence-corrected chi connectivity index (χ1v) is 4.51. The maximum atomic E-state index is 8.37. The van der Waals surface area contributed by atoms with Gasteiger partial charge in [0.25, 0.3) is 0 Å². The molecule has 0 aliphatic rings. The minimum absolute atomic E-state index is 0.0266. The molecule has 0 saturated heterocycles. The van der Waals surface area contributed by atoms with Crippen molar-refractivity contribution >= 4 is 0 Å². The van der Waals surface area contributed by atoms with Crippen molar-refractivity contribution in [2.75, 3.05) is 6.61 Å². The molecular weight excluding hydrogens is 176 g/mol. The Labute approximate surface area is 84.1 Å². The molecule has 1 atom stereocenters. The molecule has 14 heavy (non-hydrogen) atoms. The predicted molar refractivity (Wildman–Crippen MR) is 54.9 cm³/mol. The Morgan fingerprint density at radius 2 is 2.29 bits per heavy atom. The summed E-state index contributed by atoms with van der Waals surface area (Å²) in [5, 5.41) is 8.37. The molecular formula is C11H14N2O. The van der Waals surface area contributed by atoms with Crippen LogP contribution in [-0.4, -0.2) is 6.61 Å². The zero-order valence-electron chi connectivity index (χ0n) is 8.45. The van der Waals surface area contributed by atoms with Crippen molar-refractivity contribution in [1.82, 2.24) is 0 Å². The van der Waals surface area contributed by atoms with Gasteiger partial charge in [0.2, 0.25) is 0 Å². The normalized spacial score (nSPS) is 11.9. The molecule has 0 aliphatic carbocycles. The maximum absolute atomic E-state index is 8.37. The molecule has 0 amide bonds. The molecule has 0 aliphatic heterocycles. The van der Waals surface area contributed by atoms with E-state index in [9.17, 15) is 0 Å². The molecule has 0 spiro atoms. The van der Waals surface area contributed by atoms with Gasteiger partial charge in [0.05, 0.1) is 0 Å². The third-order valence-electron chi connectivity index (χ3n) is 2.02. The lowest BCUT2D eigenvalue weighted by molar-refractivity contribution is 0.365. The number of rotatable bonds is 3. The molecule has 0 bridgehead atoms. The van der Waals surface area contributed by atoms with E-state index in [2.05, 4.69) is 0 Å². The average Bonchev–Trinajstić information content (AvgIpc) is 2.15.